The first-order valence-corrected chi connectivity index (χ1v) is 7.12. The van der Waals surface area contributed by atoms with Gasteiger partial charge in [0.1, 0.15) is 0 Å². The fraction of sp³-hybridized carbons (Fsp3) is 0.333. The lowest BCUT2D eigenvalue weighted by Gasteiger charge is -2.17. The van der Waals surface area contributed by atoms with Crippen LogP contribution < -0.4 is 0 Å². The summed E-state index contributed by atoms with van der Waals surface area (Å²) in [4.78, 5) is 3.62. The molecule has 3 aromatic rings. The molecule has 2 aromatic carbocycles. The van der Waals surface area contributed by atoms with Gasteiger partial charge in [0.05, 0.1) is 5.52 Å². The van der Waals surface area contributed by atoms with E-state index in [2.05, 4.69) is 69.1 Å². The maximum Gasteiger partial charge on any atom is 0.0502 e. The Balaban J connectivity index is 2.45. The Labute approximate surface area is 114 Å². The van der Waals surface area contributed by atoms with E-state index in [0.29, 0.717) is 11.8 Å². The van der Waals surface area contributed by atoms with Gasteiger partial charge < -0.3 is 4.98 Å². The molecule has 1 aromatic heterocycles. The molecule has 0 saturated heterocycles. The van der Waals surface area contributed by atoms with Crippen LogP contribution in [0.15, 0.2) is 36.4 Å². The Morgan fingerprint density at radius 1 is 0.789 bits per heavy atom. The summed E-state index contributed by atoms with van der Waals surface area (Å²) >= 11 is 0. The minimum absolute atomic E-state index is 0.536. The summed E-state index contributed by atoms with van der Waals surface area (Å²) in [6.07, 6.45) is 0. The molecule has 0 bridgehead atoms. The Kier molecular flexibility index (Phi) is 2.85. The molecule has 1 heteroatoms. The first kappa shape index (κ1) is 12.3. The number of aromatic nitrogens is 1. The SMILES string of the molecule is CC(C)c1ccc2c([nH]c3ccccc32)c1C(C)C. The topological polar surface area (TPSA) is 15.8 Å². The van der Waals surface area contributed by atoms with E-state index in [1.807, 2.05) is 0 Å². The standard InChI is InChI=1S/C18H21N/c1-11(2)13-9-10-15-14-7-5-6-8-16(14)19-18(15)17(13)12(3)4/h5-12,19H,1-4H3. The van der Waals surface area contributed by atoms with E-state index in [0.717, 1.165) is 0 Å². The highest BCUT2D eigenvalue weighted by atomic mass is 14.7. The monoisotopic (exact) mass is 251 g/mol. The van der Waals surface area contributed by atoms with E-state index < -0.39 is 0 Å². The number of para-hydroxylation sites is 1. The van der Waals surface area contributed by atoms with Crippen molar-refractivity contribution >= 4 is 21.8 Å². The normalized spacial score (nSPS) is 12.1. The Morgan fingerprint density at radius 3 is 2.21 bits per heavy atom. The third kappa shape index (κ3) is 1.85. The Hall–Kier alpha value is -1.76. The third-order valence-corrected chi connectivity index (χ3v) is 3.96. The van der Waals surface area contributed by atoms with E-state index in [4.69, 9.17) is 0 Å². The van der Waals surface area contributed by atoms with Crippen molar-refractivity contribution in [1.29, 1.82) is 0 Å². The maximum absolute atomic E-state index is 3.62. The van der Waals surface area contributed by atoms with Crippen molar-refractivity contribution in [3.8, 4) is 0 Å². The van der Waals surface area contributed by atoms with Crippen LogP contribution in [0.1, 0.15) is 50.7 Å². The minimum Gasteiger partial charge on any atom is -0.354 e. The van der Waals surface area contributed by atoms with Gasteiger partial charge in [0.15, 0.2) is 0 Å². The number of nitrogens with one attached hydrogen (secondary N) is 1. The van der Waals surface area contributed by atoms with Gasteiger partial charge >= 0.3 is 0 Å². The lowest BCUT2D eigenvalue weighted by molar-refractivity contribution is 0.796. The molecule has 0 amide bonds. The van der Waals surface area contributed by atoms with E-state index in [-0.39, 0.29) is 0 Å². The molecule has 1 heterocycles. The Morgan fingerprint density at radius 2 is 1.53 bits per heavy atom. The largest absolute Gasteiger partial charge is 0.354 e. The van der Waals surface area contributed by atoms with Gasteiger partial charge in [-0.25, -0.2) is 0 Å². The van der Waals surface area contributed by atoms with Gasteiger partial charge in [0.25, 0.3) is 0 Å². The molecule has 0 radical (unpaired) electrons. The van der Waals surface area contributed by atoms with Crippen LogP contribution >= 0.6 is 0 Å². The number of aromatic amines is 1. The van der Waals surface area contributed by atoms with Crippen LogP contribution in [0.4, 0.5) is 0 Å². The highest BCUT2D eigenvalue weighted by Gasteiger charge is 2.16. The van der Waals surface area contributed by atoms with Crippen LogP contribution in [-0.2, 0) is 0 Å². The highest BCUT2D eigenvalue weighted by Crippen LogP contribution is 2.35. The zero-order valence-corrected chi connectivity index (χ0v) is 12.1. The van der Waals surface area contributed by atoms with Crippen molar-refractivity contribution in [2.24, 2.45) is 0 Å². The van der Waals surface area contributed by atoms with Gasteiger partial charge in [0, 0.05) is 16.3 Å². The summed E-state index contributed by atoms with van der Waals surface area (Å²) in [6.45, 7) is 9.11. The number of H-pyrrole nitrogens is 1. The molecule has 0 unspecified atom stereocenters. The zero-order valence-electron chi connectivity index (χ0n) is 12.1. The fourth-order valence-electron chi connectivity index (χ4n) is 3.08. The van der Waals surface area contributed by atoms with Crippen molar-refractivity contribution in [2.75, 3.05) is 0 Å². The van der Waals surface area contributed by atoms with E-state index >= 15 is 0 Å². The minimum atomic E-state index is 0.536. The maximum atomic E-state index is 3.62. The van der Waals surface area contributed by atoms with Gasteiger partial charge in [-0.1, -0.05) is 58.0 Å². The van der Waals surface area contributed by atoms with Gasteiger partial charge in [-0.15, -0.1) is 0 Å². The first-order chi connectivity index (χ1) is 9.09. The second kappa shape index (κ2) is 4.41. The number of hydrogen-bond acceptors (Lipinski definition) is 0. The third-order valence-electron chi connectivity index (χ3n) is 3.96. The van der Waals surface area contributed by atoms with Gasteiger partial charge in [0.2, 0.25) is 0 Å². The molecule has 0 aliphatic rings. The van der Waals surface area contributed by atoms with E-state index in [1.54, 1.807) is 0 Å². The second-order valence-corrected chi connectivity index (χ2v) is 5.97. The molecular weight excluding hydrogens is 230 g/mol. The molecule has 1 N–H and O–H groups in total. The molecule has 0 aliphatic carbocycles. The molecule has 0 fully saturated rings. The summed E-state index contributed by atoms with van der Waals surface area (Å²) in [5.41, 5.74) is 5.50. The number of hydrogen-bond donors (Lipinski definition) is 1. The number of fused-ring (bicyclic) bond motifs is 3. The summed E-state index contributed by atoms with van der Waals surface area (Å²) < 4.78 is 0. The van der Waals surface area contributed by atoms with Crippen LogP contribution in [0.3, 0.4) is 0 Å². The van der Waals surface area contributed by atoms with Crippen LogP contribution in [0.5, 0.6) is 0 Å². The van der Waals surface area contributed by atoms with Crippen LogP contribution in [0, 0.1) is 0 Å². The number of benzene rings is 2. The lowest BCUT2D eigenvalue weighted by atomic mass is 9.89. The quantitative estimate of drug-likeness (QED) is 0.613. The summed E-state index contributed by atoms with van der Waals surface area (Å²) in [7, 11) is 0. The Bertz CT molecular complexity index is 732. The van der Waals surface area contributed by atoms with Crippen molar-refractivity contribution in [1.82, 2.24) is 4.98 Å². The molecule has 19 heavy (non-hydrogen) atoms. The molecule has 1 nitrogen and oxygen atoms in total. The summed E-state index contributed by atoms with van der Waals surface area (Å²) in [5.74, 6) is 1.10. The van der Waals surface area contributed by atoms with Crippen LogP contribution in [0.25, 0.3) is 21.8 Å². The molecule has 0 aliphatic heterocycles. The lowest BCUT2D eigenvalue weighted by Crippen LogP contribution is -1.99. The highest BCUT2D eigenvalue weighted by molar-refractivity contribution is 6.08. The van der Waals surface area contributed by atoms with Crippen molar-refractivity contribution in [3.05, 3.63) is 47.5 Å². The average Bonchev–Trinajstić information content (AvgIpc) is 2.75. The summed E-state index contributed by atoms with van der Waals surface area (Å²) in [6, 6.07) is 13.1. The molecule has 98 valence electrons. The molecule has 0 saturated carbocycles. The van der Waals surface area contributed by atoms with Crippen LogP contribution in [0.2, 0.25) is 0 Å². The van der Waals surface area contributed by atoms with E-state index in [9.17, 15) is 0 Å². The molecule has 0 atom stereocenters. The number of rotatable bonds is 2. The van der Waals surface area contributed by atoms with Gasteiger partial charge in [-0.2, -0.15) is 0 Å². The molecule has 0 spiro atoms. The van der Waals surface area contributed by atoms with Crippen molar-refractivity contribution in [2.45, 2.75) is 39.5 Å². The predicted molar refractivity (Wildman–Crippen MR) is 84.0 cm³/mol. The fourth-order valence-corrected chi connectivity index (χ4v) is 3.08. The van der Waals surface area contributed by atoms with Crippen LogP contribution in [-0.4, -0.2) is 4.98 Å². The zero-order chi connectivity index (χ0) is 13.6. The van der Waals surface area contributed by atoms with Gasteiger partial charge in [-0.3, -0.25) is 0 Å². The summed E-state index contributed by atoms with van der Waals surface area (Å²) in [5, 5.41) is 2.68. The first-order valence-electron chi connectivity index (χ1n) is 7.12. The van der Waals surface area contributed by atoms with E-state index in [1.165, 1.54) is 32.9 Å². The average molecular weight is 251 g/mol. The molecular formula is C18H21N. The second-order valence-electron chi connectivity index (χ2n) is 5.97. The predicted octanol–water partition coefficient (Wildman–Crippen LogP) is 5.57. The van der Waals surface area contributed by atoms with Crippen molar-refractivity contribution in [3.63, 3.8) is 0 Å². The van der Waals surface area contributed by atoms with Gasteiger partial charge in [-0.05, 0) is 29.0 Å². The molecule has 3 rings (SSSR count). The smallest absolute Gasteiger partial charge is 0.0502 e. The van der Waals surface area contributed by atoms with Crippen molar-refractivity contribution < 1.29 is 0 Å².